The van der Waals surface area contributed by atoms with Crippen LogP contribution < -0.4 is 14.4 Å². The number of nitrogens with zero attached hydrogens (tertiary/aromatic N) is 4. The van der Waals surface area contributed by atoms with E-state index in [4.69, 9.17) is 4.74 Å². The fourth-order valence-electron chi connectivity index (χ4n) is 3.65. The summed E-state index contributed by atoms with van der Waals surface area (Å²) in [6, 6.07) is 15.9. The molecule has 180 valence electrons. The molecule has 1 unspecified atom stereocenters. The average molecular weight is 502 g/mol. The summed E-state index contributed by atoms with van der Waals surface area (Å²) < 4.78 is 47.6. The van der Waals surface area contributed by atoms with Crippen molar-refractivity contribution in [3.05, 3.63) is 67.0 Å². The molecule has 1 aliphatic heterocycles. The summed E-state index contributed by atoms with van der Waals surface area (Å²) in [5.41, 5.74) is 1.70. The van der Waals surface area contributed by atoms with E-state index in [0.717, 1.165) is 41.6 Å². The minimum Gasteiger partial charge on any atom is -0.460 e. The molecule has 1 fully saturated rings. The minimum absolute atomic E-state index is 0.0462. The minimum atomic E-state index is -3.53. The van der Waals surface area contributed by atoms with Gasteiger partial charge in [-0.05, 0) is 42.5 Å². The first-order valence-corrected chi connectivity index (χ1v) is 13.4. The zero-order valence-electron chi connectivity index (χ0n) is 19.0. The van der Waals surface area contributed by atoms with Crippen molar-refractivity contribution in [1.29, 1.82) is 0 Å². The maximum absolute atomic E-state index is 13.0. The summed E-state index contributed by atoms with van der Waals surface area (Å²) in [5.74, 6) is 0. The molecular weight excluding hydrogens is 474 g/mol. The molecule has 0 radical (unpaired) electrons. The zero-order chi connectivity index (χ0) is 24.1. The number of anilines is 2. The smallest absolute Gasteiger partial charge is 0.316 e. The Morgan fingerprint density at radius 3 is 2.29 bits per heavy atom. The molecule has 9 nitrogen and oxygen atoms in total. The third-order valence-corrected chi connectivity index (χ3v) is 8.45. The van der Waals surface area contributed by atoms with Crippen molar-refractivity contribution < 1.29 is 17.4 Å². The first-order chi connectivity index (χ1) is 16.3. The van der Waals surface area contributed by atoms with Crippen LogP contribution in [0.15, 0.2) is 76.8 Å². The molecule has 1 N–H and O–H groups in total. The van der Waals surface area contributed by atoms with Gasteiger partial charge in [0.2, 0.25) is 10.0 Å². The van der Waals surface area contributed by atoms with Crippen LogP contribution >= 0.6 is 0 Å². The lowest BCUT2D eigenvalue weighted by atomic mass is 10.1. The molecule has 0 bridgehead atoms. The third kappa shape index (κ3) is 5.54. The SMILES string of the molecule is CN(C)S(=O)(=O)c1ccc(S(=O)Nc2ccccc2N2CCC(Oc3ncccn3)CC2)cc1. The van der Waals surface area contributed by atoms with E-state index in [1.165, 1.54) is 26.2 Å². The lowest BCUT2D eigenvalue weighted by molar-refractivity contribution is 0.156. The van der Waals surface area contributed by atoms with Gasteiger partial charge in [0.25, 0.3) is 0 Å². The van der Waals surface area contributed by atoms with Gasteiger partial charge >= 0.3 is 6.01 Å². The van der Waals surface area contributed by atoms with E-state index in [1.807, 2.05) is 24.3 Å². The van der Waals surface area contributed by atoms with E-state index < -0.39 is 21.0 Å². The maximum atomic E-state index is 13.0. The Hall–Kier alpha value is -3.02. The highest BCUT2D eigenvalue weighted by Crippen LogP contribution is 2.30. The summed E-state index contributed by atoms with van der Waals surface area (Å²) in [6.45, 7) is 1.56. The van der Waals surface area contributed by atoms with Crippen molar-refractivity contribution >= 4 is 32.4 Å². The van der Waals surface area contributed by atoms with E-state index in [0.29, 0.717) is 10.9 Å². The van der Waals surface area contributed by atoms with E-state index >= 15 is 0 Å². The monoisotopic (exact) mass is 501 g/mol. The van der Waals surface area contributed by atoms with Crippen LogP contribution in [-0.4, -0.2) is 60.2 Å². The van der Waals surface area contributed by atoms with Gasteiger partial charge in [-0.25, -0.2) is 26.9 Å². The molecule has 34 heavy (non-hydrogen) atoms. The van der Waals surface area contributed by atoms with Gasteiger partial charge in [-0.2, -0.15) is 0 Å². The van der Waals surface area contributed by atoms with Crippen LogP contribution in [0.1, 0.15) is 12.8 Å². The number of piperidine rings is 1. The Kier molecular flexibility index (Phi) is 7.44. The van der Waals surface area contributed by atoms with Crippen molar-refractivity contribution in [2.75, 3.05) is 36.8 Å². The van der Waals surface area contributed by atoms with Crippen molar-refractivity contribution in [3.63, 3.8) is 0 Å². The summed E-state index contributed by atoms with van der Waals surface area (Å²) in [6.07, 6.45) is 5.00. The van der Waals surface area contributed by atoms with E-state index in [-0.39, 0.29) is 11.0 Å². The van der Waals surface area contributed by atoms with Gasteiger partial charge in [0, 0.05) is 52.4 Å². The van der Waals surface area contributed by atoms with Crippen LogP contribution in [0.3, 0.4) is 0 Å². The lowest BCUT2D eigenvalue weighted by Crippen LogP contribution is -2.38. The molecule has 0 saturated carbocycles. The van der Waals surface area contributed by atoms with Gasteiger partial charge in [0.1, 0.15) is 17.1 Å². The van der Waals surface area contributed by atoms with Gasteiger partial charge in [0.15, 0.2) is 0 Å². The predicted octanol–water partition coefficient (Wildman–Crippen LogP) is 2.91. The van der Waals surface area contributed by atoms with Gasteiger partial charge in [0.05, 0.1) is 21.2 Å². The number of aromatic nitrogens is 2. The summed E-state index contributed by atoms with van der Waals surface area (Å²) in [5, 5.41) is 0. The number of rotatable bonds is 8. The first kappa shape index (κ1) is 24.1. The molecule has 0 aliphatic carbocycles. The van der Waals surface area contributed by atoms with Crippen LogP contribution in [0.25, 0.3) is 0 Å². The Balaban J connectivity index is 1.41. The predicted molar refractivity (Wildman–Crippen MR) is 132 cm³/mol. The fraction of sp³-hybridized carbons (Fsp3) is 0.304. The fourth-order valence-corrected chi connectivity index (χ4v) is 5.43. The number of nitrogens with one attached hydrogen (secondary N) is 1. The third-order valence-electron chi connectivity index (χ3n) is 5.52. The Morgan fingerprint density at radius 2 is 1.65 bits per heavy atom. The van der Waals surface area contributed by atoms with Crippen LogP contribution in [0.5, 0.6) is 6.01 Å². The van der Waals surface area contributed by atoms with Gasteiger partial charge in [-0.15, -0.1) is 0 Å². The molecule has 3 aromatic rings. The molecule has 1 aliphatic rings. The second-order valence-corrected chi connectivity index (χ2v) is 11.3. The number of ether oxygens (including phenoxy) is 1. The molecule has 0 amide bonds. The van der Waals surface area contributed by atoms with Gasteiger partial charge < -0.3 is 9.64 Å². The highest BCUT2D eigenvalue weighted by molar-refractivity contribution is 7.89. The van der Waals surface area contributed by atoms with E-state index in [1.54, 1.807) is 30.6 Å². The summed E-state index contributed by atoms with van der Waals surface area (Å²) in [7, 11) is -2.14. The van der Waals surface area contributed by atoms with Crippen LogP contribution in [0.4, 0.5) is 11.4 Å². The van der Waals surface area contributed by atoms with Crippen molar-refractivity contribution in [3.8, 4) is 6.01 Å². The molecule has 1 atom stereocenters. The van der Waals surface area contributed by atoms with Crippen LogP contribution in [-0.2, 0) is 21.0 Å². The van der Waals surface area contributed by atoms with Gasteiger partial charge in [-0.3, -0.25) is 4.72 Å². The number of sulfonamides is 1. The number of benzene rings is 2. The van der Waals surface area contributed by atoms with E-state index in [9.17, 15) is 12.6 Å². The highest BCUT2D eigenvalue weighted by atomic mass is 32.2. The Morgan fingerprint density at radius 1 is 1.00 bits per heavy atom. The quantitative estimate of drug-likeness (QED) is 0.506. The van der Waals surface area contributed by atoms with Crippen molar-refractivity contribution in [2.24, 2.45) is 0 Å². The summed E-state index contributed by atoms with van der Waals surface area (Å²) in [4.78, 5) is 11.1. The zero-order valence-corrected chi connectivity index (χ0v) is 20.6. The molecule has 4 rings (SSSR count). The second kappa shape index (κ2) is 10.5. The highest BCUT2D eigenvalue weighted by Gasteiger charge is 2.23. The lowest BCUT2D eigenvalue weighted by Gasteiger charge is -2.34. The number of hydrogen-bond donors (Lipinski definition) is 1. The van der Waals surface area contributed by atoms with Crippen molar-refractivity contribution in [1.82, 2.24) is 14.3 Å². The normalized spacial score (nSPS) is 15.8. The standard InChI is InChI=1S/C23H27N5O4S2/c1-27(2)34(30,31)20-10-8-19(9-11-20)33(29)26-21-6-3-4-7-22(21)28-16-12-18(13-17-28)32-23-24-14-5-15-25-23/h3-11,14-15,18,26H,12-13,16-17H2,1-2H3. The largest absolute Gasteiger partial charge is 0.460 e. The Labute approximate surface area is 202 Å². The first-order valence-electron chi connectivity index (χ1n) is 10.8. The van der Waals surface area contributed by atoms with Crippen LogP contribution in [0.2, 0.25) is 0 Å². The average Bonchev–Trinajstić information content (AvgIpc) is 2.85. The Bertz CT molecular complexity index is 1230. The summed E-state index contributed by atoms with van der Waals surface area (Å²) >= 11 is 0. The molecular formula is C23H27N5O4S2. The number of para-hydroxylation sites is 2. The molecule has 1 saturated heterocycles. The van der Waals surface area contributed by atoms with Crippen LogP contribution in [0, 0.1) is 0 Å². The second-order valence-electron chi connectivity index (χ2n) is 7.98. The molecule has 1 aromatic heterocycles. The molecule has 2 aromatic carbocycles. The molecule has 0 spiro atoms. The topological polar surface area (TPSA) is 105 Å². The molecule has 11 heteroatoms. The van der Waals surface area contributed by atoms with Crippen molar-refractivity contribution in [2.45, 2.75) is 28.7 Å². The van der Waals surface area contributed by atoms with Gasteiger partial charge in [-0.1, -0.05) is 12.1 Å². The molecule has 2 heterocycles. The maximum Gasteiger partial charge on any atom is 0.316 e. The number of hydrogen-bond acceptors (Lipinski definition) is 7. The van der Waals surface area contributed by atoms with E-state index in [2.05, 4.69) is 19.6 Å².